The van der Waals surface area contributed by atoms with Crippen molar-refractivity contribution in [1.29, 1.82) is 0 Å². The normalized spacial score (nSPS) is 12.5. The SMILES string of the molecule is Cc1cc(C(N)c2cc(F)c(Br)cc2F)ccc1F. The van der Waals surface area contributed by atoms with E-state index in [1.165, 1.54) is 18.2 Å². The molecule has 2 aromatic carbocycles. The van der Waals surface area contributed by atoms with Gasteiger partial charge in [0.05, 0.1) is 10.5 Å². The van der Waals surface area contributed by atoms with Gasteiger partial charge in [-0.25, -0.2) is 13.2 Å². The summed E-state index contributed by atoms with van der Waals surface area (Å²) in [5, 5.41) is 0. The third-order valence-corrected chi connectivity index (χ3v) is 3.52. The molecule has 1 nitrogen and oxygen atoms in total. The van der Waals surface area contributed by atoms with Crippen molar-refractivity contribution < 1.29 is 13.2 Å². The van der Waals surface area contributed by atoms with Gasteiger partial charge in [-0.05, 0) is 52.2 Å². The highest BCUT2D eigenvalue weighted by Crippen LogP contribution is 2.27. The molecule has 0 saturated heterocycles. The van der Waals surface area contributed by atoms with Gasteiger partial charge >= 0.3 is 0 Å². The zero-order valence-corrected chi connectivity index (χ0v) is 11.6. The molecule has 0 heterocycles. The Balaban J connectivity index is 2.46. The van der Waals surface area contributed by atoms with E-state index in [0.717, 1.165) is 12.1 Å². The Morgan fingerprint density at radius 1 is 1.00 bits per heavy atom. The predicted molar refractivity (Wildman–Crippen MR) is 71.2 cm³/mol. The zero-order chi connectivity index (χ0) is 14.2. The molecule has 0 spiro atoms. The first-order chi connectivity index (χ1) is 8.90. The number of benzene rings is 2. The van der Waals surface area contributed by atoms with E-state index in [4.69, 9.17) is 5.73 Å². The molecule has 0 aliphatic carbocycles. The molecule has 0 amide bonds. The molecule has 1 atom stereocenters. The molecule has 2 N–H and O–H groups in total. The van der Waals surface area contributed by atoms with Crippen LogP contribution in [0.1, 0.15) is 22.7 Å². The lowest BCUT2D eigenvalue weighted by Crippen LogP contribution is -2.14. The van der Waals surface area contributed by atoms with Crippen molar-refractivity contribution in [2.24, 2.45) is 5.73 Å². The summed E-state index contributed by atoms with van der Waals surface area (Å²) in [6.07, 6.45) is 0. The van der Waals surface area contributed by atoms with Gasteiger partial charge in [0, 0.05) is 5.56 Å². The second kappa shape index (κ2) is 5.35. The molecule has 0 aromatic heterocycles. The average molecular weight is 330 g/mol. The smallest absolute Gasteiger partial charge is 0.137 e. The summed E-state index contributed by atoms with van der Waals surface area (Å²) in [5.74, 6) is -1.56. The maximum absolute atomic E-state index is 13.8. The standard InChI is InChI=1S/C14H11BrF3N/c1-7-4-8(2-3-11(7)16)14(19)9-5-13(18)10(15)6-12(9)17/h2-6,14H,19H2,1H3. The van der Waals surface area contributed by atoms with E-state index in [1.54, 1.807) is 6.92 Å². The molecular formula is C14H11BrF3N. The van der Waals surface area contributed by atoms with Crippen LogP contribution in [-0.2, 0) is 0 Å². The van der Waals surface area contributed by atoms with Crippen molar-refractivity contribution >= 4 is 15.9 Å². The third-order valence-electron chi connectivity index (χ3n) is 2.92. The molecule has 2 aromatic rings. The van der Waals surface area contributed by atoms with Crippen molar-refractivity contribution in [2.45, 2.75) is 13.0 Å². The summed E-state index contributed by atoms with van der Waals surface area (Å²) in [4.78, 5) is 0. The Hall–Kier alpha value is -1.33. The Labute approximate surface area is 117 Å². The van der Waals surface area contributed by atoms with E-state index in [1.807, 2.05) is 0 Å². The van der Waals surface area contributed by atoms with Gasteiger partial charge in [-0.2, -0.15) is 0 Å². The van der Waals surface area contributed by atoms with Gasteiger partial charge < -0.3 is 5.73 Å². The predicted octanol–water partition coefficient (Wildman–Crippen LogP) is 4.22. The van der Waals surface area contributed by atoms with Gasteiger partial charge in [0.25, 0.3) is 0 Å². The second-order valence-electron chi connectivity index (χ2n) is 4.27. The van der Waals surface area contributed by atoms with E-state index in [0.29, 0.717) is 11.1 Å². The molecule has 100 valence electrons. The minimum atomic E-state index is -0.845. The van der Waals surface area contributed by atoms with Crippen LogP contribution in [0.3, 0.4) is 0 Å². The first kappa shape index (κ1) is 14.1. The monoisotopic (exact) mass is 329 g/mol. The maximum Gasteiger partial charge on any atom is 0.137 e. The molecule has 2 rings (SSSR count). The van der Waals surface area contributed by atoms with Gasteiger partial charge in [0.1, 0.15) is 17.5 Å². The summed E-state index contributed by atoms with van der Waals surface area (Å²) in [5.41, 5.74) is 6.88. The Morgan fingerprint density at radius 3 is 2.32 bits per heavy atom. The van der Waals surface area contributed by atoms with Gasteiger partial charge in [0.15, 0.2) is 0 Å². The molecular weight excluding hydrogens is 319 g/mol. The lowest BCUT2D eigenvalue weighted by Gasteiger charge is -2.15. The lowest BCUT2D eigenvalue weighted by molar-refractivity contribution is 0.571. The number of nitrogens with two attached hydrogens (primary N) is 1. The largest absolute Gasteiger partial charge is 0.320 e. The summed E-state index contributed by atoms with van der Waals surface area (Å²) < 4.78 is 40.5. The average Bonchev–Trinajstić information content (AvgIpc) is 2.36. The molecule has 5 heteroatoms. The number of rotatable bonds is 2. The van der Waals surface area contributed by atoms with Crippen molar-refractivity contribution in [1.82, 2.24) is 0 Å². The van der Waals surface area contributed by atoms with Gasteiger partial charge in [-0.1, -0.05) is 12.1 Å². The summed E-state index contributed by atoms with van der Waals surface area (Å²) >= 11 is 2.90. The van der Waals surface area contributed by atoms with E-state index in [2.05, 4.69) is 15.9 Å². The Bertz CT molecular complexity index is 628. The van der Waals surface area contributed by atoms with Crippen LogP contribution in [0, 0.1) is 24.4 Å². The van der Waals surface area contributed by atoms with Gasteiger partial charge in [0.2, 0.25) is 0 Å². The van der Waals surface area contributed by atoms with E-state index in [-0.39, 0.29) is 15.9 Å². The molecule has 0 radical (unpaired) electrons. The molecule has 1 unspecified atom stereocenters. The highest BCUT2D eigenvalue weighted by Gasteiger charge is 2.17. The van der Waals surface area contributed by atoms with Crippen molar-refractivity contribution in [2.75, 3.05) is 0 Å². The topological polar surface area (TPSA) is 26.0 Å². The fraction of sp³-hybridized carbons (Fsp3) is 0.143. The Kier molecular flexibility index (Phi) is 3.96. The van der Waals surface area contributed by atoms with Crippen LogP contribution in [0.25, 0.3) is 0 Å². The summed E-state index contributed by atoms with van der Waals surface area (Å²) in [6, 6.07) is 5.48. The van der Waals surface area contributed by atoms with Gasteiger partial charge in [-0.3, -0.25) is 0 Å². The van der Waals surface area contributed by atoms with Gasteiger partial charge in [-0.15, -0.1) is 0 Å². The van der Waals surface area contributed by atoms with E-state index in [9.17, 15) is 13.2 Å². The van der Waals surface area contributed by atoms with E-state index >= 15 is 0 Å². The number of halogens is 4. The molecule has 19 heavy (non-hydrogen) atoms. The molecule has 0 aliphatic heterocycles. The minimum absolute atomic E-state index is 0.0340. The molecule has 0 saturated carbocycles. The fourth-order valence-corrected chi connectivity index (χ4v) is 2.13. The lowest BCUT2D eigenvalue weighted by atomic mass is 9.97. The highest BCUT2D eigenvalue weighted by molar-refractivity contribution is 9.10. The zero-order valence-electron chi connectivity index (χ0n) is 10.1. The fourth-order valence-electron chi connectivity index (χ4n) is 1.82. The Morgan fingerprint density at radius 2 is 1.68 bits per heavy atom. The highest BCUT2D eigenvalue weighted by atomic mass is 79.9. The second-order valence-corrected chi connectivity index (χ2v) is 5.13. The van der Waals surface area contributed by atoms with Crippen LogP contribution in [-0.4, -0.2) is 0 Å². The van der Waals surface area contributed by atoms with Crippen molar-refractivity contribution in [3.8, 4) is 0 Å². The molecule has 0 aliphatic rings. The molecule has 0 bridgehead atoms. The van der Waals surface area contributed by atoms with Crippen LogP contribution in [0.5, 0.6) is 0 Å². The first-order valence-electron chi connectivity index (χ1n) is 5.56. The van der Waals surface area contributed by atoms with Crippen LogP contribution in [0.4, 0.5) is 13.2 Å². The van der Waals surface area contributed by atoms with E-state index < -0.39 is 17.7 Å². The third kappa shape index (κ3) is 2.82. The van der Waals surface area contributed by atoms with Crippen molar-refractivity contribution in [3.05, 3.63) is 68.9 Å². The molecule has 0 fully saturated rings. The maximum atomic E-state index is 13.8. The minimum Gasteiger partial charge on any atom is -0.320 e. The number of hydrogen-bond donors (Lipinski definition) is 1. The number of aryl methyl sites for hydroxylation is 1. The summed E-state index contributed by atoms with van der Waals surface area (Å²) in [6.45, 7) is 1.59. The summed E-state index contributed by atoms with van der Waals surface area (Å²) in [7, 11) is 0. The van der Waals surface area contributed by atoms with Crippen LogP contribution in [0.15, 0.2) is 34.8 Å². The van der Waals surface area contributed by atoms with Crippen LogP contribution >= 0.6 is 15.9 Å². The van der Waals surface area contributed by atoms with Crippen LogP contribution in [0.2, 0.25) is 0 Å². The quantitative estimate of drug-likeness (QED) is 0.820. The van der Waals surface area contributed by atoms with Crippen molar-refractivity contribution in [3.63, 3.8) is 0 Å². The number of hydrogen-bond acceptors (Lipinski definition) is 1. The van der Waals surface area contributed by atoms with Crippen LogP contribution < -0.4 is 5.73 Å². The first-order valence-corrected chi connectivity index (χ1v) is 6.35.